The van der Waals surface area contributed by atoms with Crippen LogP contribution in [0.4, 0.5) is 0 Å². The van der Waals surface area contributed by atoms with Gasteiger partial charge in [-0.3, -0.25) is 0 Å². The number of rotatable bonds is 3. The molecule has 0 bridgehead atoms. The summed E-state index contributed by atoms with van der Waals surface area (Å²) in [5.41, 5.74) is 1.78. The second kappa shape index (κ2) is 6.13. The minimum absolute atomic E-state index is 0.141. The van der Waals surface area contributed by atoms with E-state index in [0.717, 1.165) is 10.8 Å². The van der Waals surface area contributed by atoms with Crippen LogP contribution in [0.2, 0.25) is 0 Å². The quantitative estimate of drug-likeness (QED) is 0.708. The highest BCUT2D eigenvalue weighted by atomic mass is 16.5. The number of phenolic OH excluding ortho intramolecular Hbond substituents is 1. The van der Waals surface area contributed by atoms with Crippen LogP contribution in [0.15, 0.2) is 60.7 Å². The Kier molecular flexibility index (Phi) is 4.02. The summed E-state index contributed by atoms with van der Waals surface area (Å²) in [4.78, 5) is 12.5. The van der Waals surface area contributed by atoms with Crippen LogP contribution in [0, 0.1) is 0 Å². The van der Waals surface area contributed by atoms with Gasteiger partial charge in [-0.05, 0) is 36.8 Å². The Hall–Kier alpha value is -2.81. The van der Waals surface area contributed by atoms with Crippen molar-refractivity contribution in [1.82, 2.24) is 0 Å². The van der Waals surface area contributed by atoms with Crippen molar-refractivity contribution in [3.05, 3.63) is 66.2 Å². The molecule has 0 radical (unpaired) electrons. The van der Waals surface area contributed by atoms with Crippen molar-refractivity contribution in [2.45, 2.75) is 20.0 Å². The SMILES string of the molecule is CC(C)OC(=O)c1ccc2ccccc2c1-c1ccccc1O. The molecule has 0 aliphatic heterocycles. The third-order valence-electron chi connectivity index (χ3n) is 3.67. The van der Waals surface area contributed by atoms with Gasteiger partial charge in [0.25, 0.3) is 0 Å². The van der Waals surface area contributed by atoms with Crippen LogP contribution in [0.3, 0.4) is 0 Å². The molecule has 3 aromatic carbocycles. The van der Waals surface area contributed by atoms with Gasteiger partial charge in [-0.2, -0.15) is 0 Å². The first-order chi connectivity index (χ1) is 11.1. The highest BCUT2D eigenvalue weighted by Gasteiger charge is 2.19. The second-order valence-electron chi connectivity index (χ2n) is 5.68. The molecule has 23 heavy (non-hydrogen) atoms. The van der Waals surface area contributed by atoms with Crippen molar-refractivity contribution in [3.8, 4) is 16.9 Å². The van der Waals surface area contributed by atoms with Crippen molar-refractivity contribution in [1.29, 1.82) is 0 Å². The molecule has 0 aromatic heterocycles. The fourth-order valence-electron chi connectivity index (χ4n) is 2.69. The maximum Gasteiger partial charge on any atom is 0.339 e. The molecule has 3 nitrogen and oxygen atoms in total. The first kappa shape index (κ1) is 15.1. The average Bonchev–Trinajstić information content (AvgIpc) is 2.54. The molecular formula is C20H18O3. The second-order valence-corrected chi connectivity index (χ2v) is 5.68. The third kappa shape index (κ3) is 2.90. The minimum Gasteiger partial charge on any atom is -0.507 e. The van der Waals surface area contributed by atoms with Crippen molar-refractivity contribution < 1.29 is 14.6 Å². The van der Waals surface area contributed by atoms with Crippen LogP contribution < -0.4 is 0 Å². The molecule has 116 valence electrons. The van der Waals surface area contributed by atoms with E-state index in [0.29, 0.717) is 16.7 Å². The molecule has 0 unspecified atom stereocenters. The predicted molar refractivity (Wildman–Crippen MR) is 91.6 cm³/mol. The van der Waals surface area contributed by atoms with Crippen molar-refractivity contribution in [3.63, 3.8) is 0 Å². The van der Waals surface area contributed by atoms with Gasteiger partial charge in [0.2, 0.25) is 0 Å². The van der Waals surface area contributed by atoms with E-state index in [4.69, 9.17) is 4.74 Å². The standard InChI is InChI=1S/C20H18O3/c1-13(2)23-20(22)17-12-11-14-7-3-4-8-15(14)19(17)16-9-5-6-10-18(16)21/h3-13,21H,1-2H3. The highest BCUT2D eigenvalue weighted by Crippen LogP contribution is 2.37. The Bertz CT molecular complexity index is 866. The zero-order chi connectivity index (χ0) is 16.4. The third-order valence-corrected chi connectivity index (χ3v) is 3.67. The number of hydrogen-bond acceptors (Lipinski definition) is 3. The number of benzene rings is 3. The van der Waals surface area contributed by atoms with E-state index in [-0.39, 0.29) is 17.8 Å². The van der Waals surface area contributed by atoms with E-state index in [1.807, 2.05) is 56.3 Å². The molecule has 0 fully saturated rings. The minimum atomic E-state index is -0.385. The molecule has 0 aliphatic carbocycles. The van der Waals surface area contributed by atoms with E-state index >= 15 is 0 Å². The molecule has 0 atom stereocenters. The van der Waals surface area contributed by atoms with Crippen LogP contribution in [-0.4, -0.2) is 17.2 Å². The summed E-state index contributed by atoms with van der Waals surface area (Å²) in [6, 6.07) is 18.5. The Balaban J connectivity index is 2.31. The van der Waals surface area contributed by atoms with E-state index in [9.17, 15) is 9.90 Å². The molecular weight excluding hydrogens is 288 g/mol. The van der Waals surface area contributed by atoms with Crippen LogP contribution in [0.1, 0.15) is 24.2 Å². The number of para-hydroxylation sites is 1. The van der Waals surface area contributed by atoms with Crippen LogP contribution in [-0.2, 0) is 4.74 Å². The summed E-state index contributed by atoms with van der Waals surface area (Å²) in [6.45, 7) is 3.64. The number of hydrogen-bond donors (Lipinski definition) is 1. The molecule has 0 saturated carbocycles. The lowest BCUT2D eigenvalue weighted by atomic mass is 9.92. The smallest absolute Gasteiger partial charge is 0.339 e. The number of phenols is 1. The molecule has 1 N–H and O–H groups in total. The number of ether oxygens (including phenoxy) is 1. The Morgan fingerprint density at radius 2 is 1.65 bits per heavy atom. The molecule has 0 saturated heterocycles. The molecule has 3 aromatic rings. The van der Waals surface area contributed by atoms with Crippen molar-refractivity contribution >= 4 is 16.7 Å². The maximum atomic E-state index is 12.5. The number of carbonyl (C=O) groups is 1. The number of carbonyl (C=O) groups excluding carboxylic acids is 1. The summed E-state index contributed by atoms with van der Waals surface area (Å²) in [5.74, 6) is -0.244. The number of aromatic hydroxyl groups is 1. The van der Waals surface area contributed by atoms with Crippen molar-refractivity contribution in [2.24, 2.45) is 0 Å². The molecule has 3 heteroatoms. The molecule has 0 aliphatic rings. The van der Waals surface area contributed by atoms with E-state index in [1.54, 1.807) is 18.2 Å². The first-order valence-electron chi connectivity index (χ1n) is 7.59. The van der Waals surface area contributed by atoms with Gasteiger partial charge in [0.15, 0.2) is 0 Å². The zero-order valence-corrected chi connectivity index (χ0v) is 13.1. The fraction of sp³-hybridized carbons (Fsp3) is 0.150. The van der Waals surface area contributed by atoms with Crippen LogP contribution >= 0.6 is 0 Å². The lowest BCUT2D eigenvalue weighted by Crippen LogP contribution is -2.12. The van der Waals surface area contributed by atoms with Gasteiger partial charge in [0, 0.05) is 11.1 Å². The Morgan fingerprint density at radius 1 is 0.957 bits per heavy atom. The zero-order valence-electron chi connectivity index (χ0n) is 13.1. The van der Waals surface area contributed by atoms with E-state index in [1.165, 1.54) is 0 Å². The van der Waals surface area contributed by atoms with Gasteiger partial charge in [0.05, 0.1) is 11.7 Å². The molecule has 3 rings (SSSR count). The monoisotopic (exact) mass is 306 g/mol. The first-order valence-corrected chi connectivity index (χ1v) is 7.59. The summed E-state index contributed by atoms with van der Waals surface area (Å²) < 4.78 is 5.37. The number of fused-ring (bicyclic) bond motifs is 1. The maximum absolute atomic E-state index is 12.5. The van der Waals surface area contributed by atoms with Gasteiger partial charge >= 0.3 is 5.97 Å². The van der Waals surface area contributed by atoms with Crippen LogP contribution in [0.5, 0.6) is 5.75 Å². The lowest BCUT2D eigenvalue weighted by Gasteiger charge is -2.15. The lowest BCUT2D eigenvalue weighted by molar-refractivity contribution is 0.0379. The summed E-state index contributed by atoms with van der Waals surface area (Å²) in [6.07, 6.45) is -0.203. The van der Waals surface area contributed by atoms with E-state index < -0.39 is 0 Å². The molecule has 0 spiro atoms. The topological polar surface area (TPSA) is 46.5 Å². The Morgan fingerprint density at radius 3 is 2.39 bits per heavy atom. The van der Waals surface area contributed by atoms with Gasteiger partial charge in [-0.15, -0.1) is 0 Å². The summed E-state index contributed by atoms with van der Waals surface area (Å²) >= 11 is 0. The van der Waals surface area contributed by atoms with Gasteiger partial charge < -0.3 is 9.84 Å². The van der Waals surface area contributed by atoms with Gasteiger partial charge in [-0.25, -0.2) is 4.79 Å². The molecule has 0 amide bonds. The fourth-order valence-corrected chi connectivity index (χ4v) is 2.69. The van der Waals surface area contributed by atoms with Gasteiger partial charge in [-0.1, -0.05) is 48.5 Å². The largest absolute Gasteiger partial charge is 0.507 e. The Labute approximate surface area is 135 Å². The number of esters is 1. The summed E-state index contributed by atoms with van der Waals surface area (Å²) in [5, 5.41) is 12.2. The highest BCUT2D eigenvalue weighted by molar-refractivity contribution is 6.09. The van der Waals surface area contributed by atoms with Crippen LogP contribution in [0.25, 0.3) is 21.9 Å². The normalized spacial score (nSPS) is 10.9. The predicted octanol–water partition coefficient (Wildman–Crippen LogP) is 4.78. The van der Waals surface area contributed by atoms with E-state index in [2.05, 4.69) is 0 Å². The summed E-state index contributed by atoms with van der Waals surface area (Å²) in [7, 11) is 0. The molecule has 0 heterocycles. The van der Waals surface area contributed by atoms with Crippen molar-refractivity contribution in [2.75, 3.05) is 0 Å². The van der Waals surface area contributed by atoms with Gasteiger partial charge in [0.1, 0.15) is 5.75 Å². The average molecular weight is 306 g/mol.